The topological polar surface area (TPSA) is 91.4 Å². The van der Waals surface area contributed by atoms with Gasteiger partial charge >= 0.3 is 0 Å². The van der Waals surface area contributed by atoms with E-state index in [9.17, 15) is 4.79 Å². The van der Waals surface area contributed by atoms with E-state index >= 15 is 0 Å². The molecule has 8 heteroatoms. The third-order valence-corrected chi connectivity index (χ3v) is 6.57. The van der Waals surface area contributed by atoms with Gasteiger partial charge in [-0.2, -0.15) is 5.10 Å². The van der Waals surface area contributed by atoms with Gasteiger partial charge in [0.05, 0.1) is 25.6 Å². The van der Waals surface area contributed by atoms with Crippen molar-refractivity contribution in [2.24, 2.45) is 0 Å². The molecule has 1 N–H and O–H groups in total. The Morgan fingerprint density at radius 3 is 2.33 bits per heavy atom. The van der Waals surface area contributed by atoms with Crippen molar-refractivity contribution in [2.45, 2.75) is 27.3 Å². The molecule has 0 aliphatic carbocycles. The Hall–Kier alpha value is -4.85. The summed E-state index contributed by atoms with van der Waals surface area (Å²) in [6.07, 6.45) is 1.96. The van der Waals surface area contributed by atoms with E-state index in [2.05, 4.69) is 43.4 Å². The monoisotopic (exact) mass is 522 g/mol. The normalized spacial score (nSPS) is 10.9. The lowest BCUT2D eigenvalue weighted by Crippen LogP contribution is -2.23. The maximum Gasteiger partial charge on any atom is 0.273 e. The summed E-state index contributed by atoms with van der Waals surface area (Å²) in [6, 6.07) is 21.2. The average molecular weight is 523 g/mol. The van der Waals surface area contributed by atoms with Gasteiger partial charge < -0.3 is 19.3 Å². The molecule has 0 fully saturated rings. The van der Waals surface area contributed by atoms with Crippen LogP contribution in [-0.4, -0.2) is 35.1 Å². The van der Waals surface area contributed by atoms with Crippen LogP contribution >= 0.6 is 0 Å². The number of benzene rings is 3. The molecule has 0 saturated carbocycles. The number of para-hydroxylation sites is 1. The Bertz CT molecular complexity index is 1610. The maximum atomic E-state index is 13.1. The average Bonchev–Trinajstić information content (AvgIpc) is 3.60. The highest BCUT2D eigenvalue weighted by molar-refractivity contribution is 5.93. The van der Waals surface area contributed by atoms with Gasteiger partial charge in [0.1, 0.15) is 0 Å². The molecule has 1 amide bonds. The van der Waals surface area contributed by atoms with Gasteiger partial charge in [-0.05, 0) is 62.2 Å². The SMILES string of the molecule is COc1ccc(-c2cc(C(=O)NCc3cn(-c4ccccc4)nc3-c3c(C)cc(C)cc3C)no2)cc1OC. The minimum atomic E-state index is -0.346. The molecule has 198 valence electrons. The highest BCUT2D eigenvalue weighted by Crippen LogP contribution is 2.33. The Labute approximate surface area is 227 Å². The highest BCUT2D eigenvalue weighted by Gasteiger charge is 2.19. The summed E-state index contributed by atoms with van der Waals surface area (Å²) >= 11 is 0. The minimum absolute atomic E-state index is 0.180. The summed E-state index contributed by atoms with van der Waals surface area (Å²) in [5, 5.41) is 11.9. The molecule has 0 saturated heterocycles. The maximum absolute atomic E-state index is 13.1. The van der Waals surface area contributed by atoms with E-state index in [1.54, 1.807) is 32.4 Å². The van der Waals surface area contributed by atoms with E-state index in [0.29, 0.717) is 17.3 Å². The minimum Gasteiger partial charge on any atom is -0.493 e. The largest absolute Gasteiger partial charge is 0.493 e. The molecule has 0 atom stereocenters. The first kappa shape index (κ1) is 25.8. The predicted molar refractivity (Wildman–Crippen MR) is 149 cm³/mol. The molecule has 0 bridgehead atoms. The molecule has 0 aliphatic rings. The van der Waals surface area contributed by atoms with E-state index < -0.39 is 0 Å². The van der Waals surface area contributed by atoms with Crippen molar-refractivity contribution < 1.29 is 18.8 Å². The summed E-state index contributed by atoms with van der Waals surface area (Å²) in [5.41, 5.74) is 8.10. The molecule has 8 nitrogen and oxygen atoms in total. The van der Waals surface area contributed by atoms with Crippen LogP contribution in [0.15, 0.2) is 77.4 Å². The number of aryl methyl sites for hydroxylation is 3. The smallest absolute Gasteiger partial charge is 0.273 e. The van der Waals surface area contributed by atoms with E-state index in [-0.39, 0.29) is 18.1 Å². The van der Waals surface area contributed by atoms with Gasteiger partial charge in [0.25, 0.3) is 5.91 Å². The molecule has 39 heavy (non-hydrogen) atoms. The first-order chi connectivity index (χ1) is 18.9. The van der Waals surface area contributed by atoms with Gasteiger partial charge in [-0.15, -0.1) is 0 Å². The lowest BCUT2D eigenvalue weighted by Gasteiger charge is -2.11. The van der Waals surface area contributed by atoms with Crippen LogP contribution < -0.4 is 14.8 Å². The molecular formula is C31H30N4O4. The number of methoxy groups -OCH3 is 2. The zero-order chi connectivity index (χ0) is 27.5. The number of amides is 1. The van der Waals surface area contributed by atoms with Crippen LogP contribution in [0.2, 0.25) is 0 Å². The third-order valence-electron chi connectivity index (χ3n) is 6.57. The van der Waals surface area contributed by atoms with Gasteiger partial charge in [0.15, 0.2) is 23.0 Å². The number of carbonyl (C=O) groups excluding carboxylic acids is 1. The fourth-order valence-electron chi connectivity index (χ4n) is 4.79. The van der Waals surface area contributed by atoms with Crippen LogP contribution in [0.1, 0.15) is 32.7 Å². The molecule has 5 aromatic rings. The van der Waals surface area contributed by atoms with E-state index in [0.717, 1.165) is 39.2 Å². The number of hydrogen-bond acceptors (Lipinski definition) is 6. The van der Waals surface area contributed by atoms with Gasteiger partial charge in [-0.1, -0.05) is 41.1 Å². The van der Waals surface area contributed by atoms with Crippen molar-refractivity contribution in [1.29, 1.82) is 0 Å². The van der Waals surface area contributed by atoms with Gasteiger partial charge in [-0.25, -0.2) is 4.68 Å². The molecule has 0 spiro atoms. The number of aromatic nitrogens is 3. The van der Waals surface area contributed by atoms with Crippen molar-refractivity contribution in [3.05, 3.63) is 101 Å². The standard InChI is InChI=1S/C31H30N4O4/c1-19-13-20(2)29(21(3)14-19)30-23(18-35(33-30)24-9-7-6-8-10-24)17-32-31(36)25-16-27(39-34-25)22-11-12-26(37-4)28(15-22)38-5/h6-16,18H,17H2,1-5H3,(H,32,36). The second-order valence-corrected chi connectivity index (χ2v) is 9.39. The van der Waals surface area contributed by atoms with Crippen LogP contribution in [-0.2, 0) is 6.54 Å². The van der Waals surface area contributed by atoms with Crippen LogP contribution in [0, 0.1) is 20.8 Å². The number of hydrogen-bond donors (Lipinski definition) is 1. The van der Waals surface area contributed by atoms with Crippen LogP contribution in [0.3, 0.4) is 0 Å². The molecule has 0 unspecified atom stereocenters. The van der Waals surface area contributed by atoms with Gasteiger partial charge in [0.2, 0.25) is 0 Å². The first-order valence-electron chi connectivity index (χ1n) is 12.6. The molecule has 0 aliphatic heterocycles. The van der Waals surface area contributed by atoms with Crippen molar-refractivity contribution in [2.75, 3.05) is 14.2 Å². The van der Waals surface area contributed by atoms with Gasteiger partial charge in [-0.3, -0.25) is 4.79 Å². The zero-order valence-electron chi connectivity index (χ0n) is 22.6. The summed E-state index contributed by atoms with van der Waals surface area (Å²) in [5.74, 6) is 1.26. The van der Waals surface area contributed by atoms with Crippen molar-refractivity contribution in [3.63, 3.8) is 0 Å². The lowest BCUT2D eigenvalue weighted by atomic mass is 9.95. The lowest BCUT2D eigenvalue weighted by molar-refractivity contribution is 0.0942. The Kier molecular flexibility index (Phi) is 7.19. The molecule has 3 aromatic carbocycles. The van der Waals surface area contributed by atoms with Gasteiger partial charge in [0, 0.05) is 35.5 Å². The molecular weight excluding hydrogens is 492 g/mol. The highest BCUT2D eigenvalue weighted by atomic mass is 16.5. The Morgan fingerprint density at radius 1 is 0.923 bits per heavy atom. The summed E-state index contributed by atoms with van der Waals surface area (Å²) < 4.78 is 18.0. The summed E-state index contributed by atoms with van der Waals surface area (Å²) in [4.78, 5) is 13.1. The van der Waals surface area contributed by atoms with E-state index in [1.807, 2.05) is 47.3 Å². The predicted octanol–water partition coefficient (Wildman–Crippen LogP) is 6.07. The second-order valence-electron chi connectivity index (χ2n) is 9.39. The summed E-state index contributed by atoms with van der Waals surface area (Å²) in [6.45, 7) is 6.53. The third kappa shape index (κ3) is 5.27. The molecule has 0 radical (unpaired) electrons. The fourth-order valence-corrected chi connectivity index (χ4v) is 4.79. The fraction of sp³-hybridized carbons (Fsp3) is 0.194. The molecule has 2 heterocycles. The van der Waals surface area contributed by atoms with E-state index in [4.69, 9.17) is 19.1 Å². The zero-order valence-corrected chi connectivity index (χ0v) is 22.6. The van der Waals surface area contributed by atoms with Crippen molar-refractivity contribution in [1.82, 2.24) is 20.3 Å². The van der Waals surface area contributed by atoms with Crippen LogP contribution in [0.25, 0.3) is 28.3 Å². The van der Waals surface area contributed by atoms with Crippen molar-refractivity contribution >= 4 is 5.91 Å². The number of nitrogens with zero attached hydrogens (tertiary/aromatic N) is 3. The number of carbonyl (C=O) groups is 1. The van der Waals surface area contributed by atoms with E-state index in [1.165, 1.54) is 5.56 Å². The van der Waals surface area contributed by atoms with Crippen molar-refractivity contribution in [3.8, 4) is 39.8 Å². The quantitative estimate of drug-likeness (QED) is 0.266. The Morgan fingerprint density at radius 2 is 1.64 bits per heavy atom. The Balaban J connectivity index is 1.42. The number of nitrogens with one attached hydrogen (secondary N) is 1. The molecule has 5 rings (SSSR count). The first-order valence-corrected chi connectivity index (χ1v) is 12.6. The van der Waals surface area contributed by atoms with Crippen LogP contribution in [0.4, 0.5) is 0 Å². The molecule has 2 aromatic heterocycles. The summed E-state index contributed by atoms with van der Waals surface area (Å²) in [7, 11) is 3.14. The number of rotatable bonds is 8. The van der Waals surface area contributed by atoms with Crippen LogP contribution in [0.5, 0.6) is 11.5 Å². The second kappa shape index (κ2) is 10.9. The number of ether oxygens (including phenoxy) is 2.